The van der Waals surface area contributed by atoms with Crippen LogP contribution in [0.1, 0.15) is 31.1 Å². The van der Waals surface area contributed by atoms with E-state index >= 15 is 0 Å². The molecule has 3 amide bonds. The van der Waals surface area contributed by atoms with Crippen molar-refractivity contribution in [3.63, 3.8) is 0 Å². The second-order valence-electron chi connectivity index (χ2n) is 8.07. The topological polar surface area (TPSA) is 171 Å². The average molecular weight is 512 g/mol. The maximum atomic E-state index is 13.0. The highest BCUT2D eigenvalue weighted by atomic mass is 16.6. The fraction of sp³-hybridized carbons (Fsp3) is 0. The third-order valence-electron chi connectivity index (χ3n) is 5.26. The summed E-state index contributed by atoms with van der Waals surface area (Å²) in [4.78, 5) is 49.0. The molecule has 5 N–H and O–H groups in total. The van der Waals surface area contributed by atoms with Gasteiger partial charge in [-0.05, 0) is 54.6 Å². The molecule has 4 aromatic carbocycles. The fourth-order valence-electron chi connectivity index (χ4n) is 3.47. The summed E-state index contributed by atoms with van der Waals surface area (Å²) in [6.45, 7) is 0. The molecule has 0 radical (unpaired) electrons. The molecule has 0 aliphatic carbocycles. The van der Waals surface area contributed by atoms with Crippen molar-refractivity contribution in [3.8, 4) is 11.5 Å². The first-order valence-corrected chi connectivity index (χ1v) is 11.1. The van der Waals surface area contributed by atoms with E-state index in [0.717, 1.165) is 0 Å². The summed E-state index contributed by atoms with van der Waals surface area (Å²) in [5.74, 6) is -1.97. The number of phenolic OH excluding ortho intramolecular Hbond substituents is 2. The molecular formula is C27H20N4O7. The summed E-state index contributed by atoms with van der Waals surface area (Å²) in [7, 11) is 0. The summed E-state index contributed by atoms with van der Waals surface area (Å²) in [5.41, 5.74) is 0.709. The SMILES string of the molecule is O=C(Nc1cc(C(=O)Nc2cccc(O)c2)cc(C(=O)Nc2cccc(O)c2)c1)c1ccc([N+](=O)[O-])cc1. The normalized spacial score (nSPS) is 10.3. The zero-order valence-electron chi connectivity index (χ0n) is 19.5. The maximum Gasteiger partial charge on any atom is 0.269 e. The van der Waals surface area contributed by atoms with E-state index in [0.29, 0.717) is 11.4 Å². The van der Waals surface area contributed by atoms with Gasteiger partial charge in [-0.3, -0.25) is 24.5 Å². The molecule has 0 spiro atoms. The quantitative estimate of drug-likeness (QED) is 0.175. The molecule has 38 heavy (non-hydrogen) atoms. The van der Waals surface area contributed by atoms with Gasteiger partial charge in [-0.2, -0.15) is 0 Å². The van der Waals surface area contributed by atoms with Gasteiger partial charge in [0.1, 0.15) is 11.5 Å². The first kappa shape index (κ1) is 25.4. The number of nitro benzene ring substituents is 1. The van der Waals surface area contributed by atoms with Gasteiger partial charge in [0.15, 0.2) is 0 Å². The lowest BCUT2D eigenvalue weighted by molar-refractivity contribution is -0.384. The molecule has 0 bridgehead atoms. The van der Waals surface area contributed by atoms with Crippen LogP contribution in [0.2, 0.25) is 0 Å². The van der Waals surface area contributed by atoms with Crippen LogP contribution in [0.3, 0.4) is 0 Å². The maximum absolute atomic E-state index is 13.0. The molecule has 11 heteroatoms. The Morgan fingerprint density at radius 3 is 1.47 bits per heavy atom. The first-order chi connectivity index (χ1) is 18.2. The van der Waals surface area contributed by atoms with Gasteiger partial charge in [-0.15, -0.1) is 0 Å². The highest BCUT2D eigenvalue weighted by molar-refractivity contribution is 6.11. The number of aromatic hydroxyl groups is 2. The molecule has 0 atom stereocenters. The number of anilines is 3. The molecule has 0 aliphatic rings. The summed E-state index contributed by atoms with van der Waals surface area (Å²) >= 11 is 0. The van der Waals surface area contributed by atoms with Gasteiger partial charge in [0.2, 0.25) is 0 Å². The van der Waals surface area contributed by atoms with E-state index in [9.17, 15) is 34.7 Å². The van der Waals surface area contributed by atoms with Gasteiger partial charge in [0.25, 0.3) is 23.4 Å². The van der Waals surface area contributed by atoms with Crippen molar-refractivity contribution >= 4 is 40.5 Å². The van der Waals surface area contributed by atoms with Gasteiger partial charge in [-0.25, -0.2) is 0 Å². The smallest absolute Gasteiger partial charge is 0.269 e. The van der Waals surface area contributed by atoms with E-state index in [-0.39, 0.29) is 39.6 Å². The third-order valence-corrected chi connectivity index (χ3v) is 5.26. The number of phenols is 2. The van der Waals surface area contributed by atoms with Crippen LogP contribution in [-0.2, 0) is 0 Å². The molecular weight excluding hydrogens is 492 g/mol. The summed E-state index contributed by atoms with van der Waals surface area (Å²) in [5, 5.41) is 38.0. The lowest BCUT2D eigenvalue weighted by atomic mass is 10.1. The summed E-state index contributed by atoms with van der Waals surface area (Å²) in [6, 6.07) is 20.7. The minimum absolute atomic E-state index is 0.0240. The van der Waals surface area contributed by atoms with Crippen molar-refractivity contribution in [2.24, 2.45) is 0 Å². The summed E-state index contributed by atoms with van der Waals surface area (Å²) < 4.78 is 0. The Hall–Kier alpha value is -5.71. The predicted octanol–water partition coefficient (Wildman–Crippen LogP) is 4.76. The van der Waals surface area contributed by atoms with Crippen molar-refractivity contribution in [3.05, 3.63) is 118 Å². The number of carbonyl (C=O) groups excluding carboxylic acids is 3. The van der Waals surface area contributed by atoms with Crippen LogP contribution in [-0.4, -0.2) is 32.9 Å². The molecule has 4 rings (SSSR count). The van der Waals surface area contributed by atoms with Crippen LogP contribution in [0.15, 0.2) is 91.0 Å². The van der Waals surface area contributed by atoms with Crippen LogP contribution < -0.4 is 16.0 Å². The first-order valence-electron chi connectivity index (χ1n) is 11.1. The Morgan fingerprint density at radius 2 is 1.03 bits per heavy atom. The van der Waals surface area contributed by atoms with Crippen LogP contribution in [0.25, 0.3) is 0 Å². The second-order valence-corrected chi connectivity index (χ2v) is 8.07. The average Bonchev–Trinajstić information content (AvgIpc) is 2.88. The van der Waals surface area contributed by atoms with Gasteiger partial charge in [0, 0.05) is 58.0 Å². The molecule has 0 saturated heterocycles. The highest BCUT2D eigenvalue weighted by Crippen LogP contribution is 2.22. The summed E-state index contributed by atoms with van der Waals surface area (Å²) in [6.07, 6.45) is 0. The Kier molecular flexibility index (Phi) is 7.29. The number of hydrogen-bond donors (Lipinski definition) is 5. The third kappa shape index (κ3) is 6.29. The zero-order chi connectivity index (χ0) is 27.2. The number of rotatable bonds is 7. The van der Waals surface area contributed by atoms with Crippen molar-refractivity contribution in [2.75, 3.05) is 16.0 Å². The highest BCUT2D eigenvalue weighted by Gasteiger charge is 2.17. The van der Waals surface area contributed by atoms with Crippen LogP contribution >= 0.6 is 0 Å². The zero-order valence-corrected chi connectivity index (χ0v) is 19.5. The Balaban J connectivity index is 1.64. The van der Waals surface area contributed by atoms with Crippen LogP contribution in [0, 0.1) is 10.1 Å². The molecule has 0 aliphatic heterocycles. The van der Waals surface area contributed by atoms with Crippen LogP contribution in [0.5, 0.6) is 11.5 Å². The number of benzene rings is 4. The number of hydrogen-bond acceptors (Lipinski definition) is 7. The fourth-order valence-corrected chi connectivity index (χ4v) is 3.47. The molecule has 0 saturated carbocycles. The molecule has 11 nitrogen and oxygen atoms in total. The van der Waals surface area contributed by atoms with E-state index in [4.69, 9.17) is 0 Å². The van der Waals surface area contributed by atoms with Gasteiger partial charge in [0.05, 0.1) is 4.92 Å². The Labute approximate surface area is 215 Å². The van der Waals surface area contributed by atoms with E-state index in [1.807, 2.05) is 0 Å². The lowest BCUT2D eigenvalue weighted by Crippen LogP contribution is -2.18. The van der Waals surface area contributed by atoms with Gasteiger partial charge >= 0.3 is 0 Å². The van der Waals surface area contributed by atoms with Crippen molar-refractivity contribution < 1.29 is 29.5 Å². The standard InChI is InChI=1S/C27H20N4O7/c32-23-5-1-3-19(14-23)28-26(35)17-11-18(27(36)29-20-4-2-6-24(33)15-20)13-21(12-17)30-25(34)16-7-9-22(10-8-16)31(37)38/h1-15,32-33H,(H,28,35)(H,29,36)(H,30,34). The van der Waals surface area contributed by atoms with E-state index < -0.39 is 22.6 Å². The lowest BCUT2D eigenvalue weighted by Gasteiger charge is -2.12. The van der Waals surface area contributed by atoms with E-state index in [1.165, 1.54) is 66.7 Å². The molecule has 0 unspecified atom stereocenters. The van der Waals surface area contributed by atoms with Gasteiger partial charge < -0.3 is 26.2 Å². The van der Waals surface area contributed by atoms with Crippen molar-refractivity contribution in [2.45, 2.75) is 0 Å². The molecule has 4 aromatic rings. The number of non-ortho nitro benzene ring substituents is 1. The second kappa shape index (κ2) is 10.9. The van der Waals surface area contributed by atoms with E-state index in [2.05, 4.69) is 16.0 Å². The van der Waals surface area contributed by atoms with Crippen molar-refractivity contribution in [1.29, 1.82) is 0 Å². The Morgan fingerprint density at radius 1 is 0.579 bits per heavy atom. The Bertz CT molecular complexity index is 1470. The number of nitrogens with one attached hydrogen (secondary N) is 3. The molecule has 0 heterocycles. The van der Waals surface area contributed by atoms with Crippen LogP contribution in [0.4, 0.5) is 22.7 Å². The predicted molar refractivity (Wildman–Crippen MR) is 140 cm³/mol. The molecule has 0 aromatic heterocycles. The molecule has 190 valence electrons. The van der Waals surface area contributed by atoms with Crippen molar-refractivity contribution in [1.82, 2.24) is 0 Å². The van der Waals surface area contributed by atoms with Gasteiger partial charge in [-0.1, -0.05) is 12.1 Å². The number of carbonyl (C=O) groups is 3. The number of amides is 3. The minimum Gasteiger partial charge on any atom is -0.508 e. The molecule has 0 fully saturated rings. The minimum atomic E-state index is -0.621. The monoisotopic (exact) mass is 512 g/mol. The van der Waals surface area contributed by atoms with E-state index in [1.54, 1.807) is 24.3 Å². The number of nitrogens with zero attached hydrogens (tertiary/aromatic N) is 1. The largest absolute Gasteiger partial charge is 0.508 e. The number of nitro groups is 1.